The van der Waals surface area contributed by atoms with E-state index in [4.69, 9.17) is 4.74 Å². The molecule has 128 valence electrons. The zero-order chi connectivity index (χ0) is 17.5. The fourth-order valence-corrected chi connectivity index (χ4v) is 2.46. The smallest absolute Gasteiger partial charge is 0.246 e. The third-order valence-electron chi connectivity index (χ3n) is 3.80. The Kier molecular flexibility index (Phi) is 5.53. The number of carbonyl (C=O) groups is 1. The van der Waals surface area contributed by atoms with E-state index in [1.165, 1.54) is 6.33 Å². The number of nitrogens with one attached hydrogen (secondary N) is 1. The Hall–Kier alpha value is -2.99. The average Bonchev–Trinajstić information content (AvgIpc) is 3.17. The number of nitrogens with zero attached hydrogens (tertiary/aromatic N) is 3. The molecule has 1 heterocycles. The standard InChI is InChI=1S/C19H20N4O2/c1-15(17-7-9-18(10-8-17)23-14-20-13-21-23)22-19(24)12-25-11-16-5-3-2-4-6-16/h2-10,13-15H,11-12H2,1H3,(H,22,24). The van der Waals surface area contributed by atoms with Crippen LogP contribution in [0.25, 0.3) is 5.69 Å². The molecule has 0 bridgehead atoms. The van der Waals surface area contributed by atoms with Gasteiger partial charge in [0.2, 0.25) is 5.91 Å². The van der Waals surface area contributed by atoms with Gasteiger partial charge in [0.05, 0.1) is 18.3 Å². The highest BCUT2D eigenvalue weighted by atomic mass is 16.5. The second-order valence-electron chi connectivity index (χ2n) is 5.70. The van der Waals surface area contributed by atoms with Gasteiger partial charge in [-0.25, -0.2) is 9.67 Å². The number of aromatic nitrogens is 3. The minimum atomic E-state index is -0.135. The summed E-state index contributed by atoms with van der Waals surface area (Å²) in [5.74, 6) is -0.135. The molecule has 1 aromatic heterocycles. The van der Waals surface area contributed by atoms with Gasteiger partial charge >= 0.3 is 0 Å². The lowest BCUT2D eigenvalue weighted by Gasteiger charge is -2.15. The monoisotopic (exact) mass is 336 g/mol. The van der Waals surface area contributed by atoms with E-state index < -0.39 is 0 Å². The van der Waals surface area contributed by atoms with Crippen molar-refractivity contribution in [2.24, 2.45) is 0 Å². The predicted octanol–water partition coefficient (Wildman–Crippen LogP) is 2.66. The normalized spacial score (nSPS) is 11.9. The quantitative estimate of drug-likeness (QED) is 0.720. The van der Waals surface area contributed by atoms with Crippen LogP contribution >= 0.6 is 0 Å². The maximum atomic E-state index is 12.0. The number of carbonyl (C=O) groups excluding carboxylic acids is 1. The van der Waals surface area contributed by atoms with E-state index in [1.807, 2.05) is 61.5 Å². The number of rotatable bonds is 7. The van der Waals surface area contributed by atoms with Crippen molar-refractivity contribution < 1.29 is 9.53 Å². The minimum Gasteiger partial charge on any atom is -0.367 e. The van der Waals surface area contributed by atoms with E-state index in [-0.39, 0.29) is 18.6 Å². The Morgan fingerprint density at radius 2 is 1.92 bits per heavy atom. The van der Waals surface area contributed by atoms with Gasteiger partial charge in [-0.1, -0.05) is 42.5 Å². The topological polar surface area (TPSA) is 69.0 Å². The van der Waals surface area contributed by atoms with Crippen molar-refractivity contribution in [3.05, 3.63) is 78.4 Å². The summed E-state index contributed by atoms with van der Waals surface area (Å²) in [6.07, 6.45) is 3.14. The number of hydrogen-bond donors (Lipinski definition) is 1. The molecule has 0 saturated carbocycles. The summed E-state index contributed by atoms with van der Waals surface area (Å²) in [5.41, 5.74) is 2.98. The lowest BCUT2D eigenvalue weighted by atomic mass is 10.1. The fourth-order valence-electron chi connectivity index (χ4n) is 2.46. The van der Waals surface area contributed by atoms with E-state index in [1.54, 1.807) is 11.0 Å². The Morgan fingerprint density at radius 1 is 1.16 bits per heavy atom. The number of hydrogen-bond acceptors (Lipinski definition) is 4. The maximum absolute atomic E-state index is 12.0. The molecular weight excluding hydrogens is 316 g/mol. The molecule has 0 aliphatic rings. The molecule has 2 aromatic carbocycles. The molecule has 0 radical (unpaired) electrons. The molecule has 0 saturated heterocycles. The lowest BCUT2D eigenvalue weighted by molar-refractivity contribution is -0.126. The summed E-state index contributed by atoms with van der Waals surface area (Å²) in [6, 6.07) is 17.5. The zero-order valence-electron chi connectivity index (χ0n) is 14.0. The average molecular weight is 336 g/mol. The van der Waals surface area contributed by atoms with Gasteiger partial charge in [-0.2, -0.15) is 5.10 Å². The van der Waals surface area contributed by atoms with Gasteiger partial charge in [0.15, 0.2) is 0 Å². The van der Waals surface area contributed by atoms with Crippen LogP contribution in [-0.4, -0.2) is 27.3 Å². The summed E-state index contributed by atoms with van der Waals surface area (Å²) in [7, 11) is 0. The van der Waals surface area contributed by atoms with Gasteiger partial charge in [0.1, 0.15) is 19.3 Å². The first kappa shape index (κ1) is 16.9. The largest absolute Gasteiger partial charge is 0.367 e. The number of amides is 1. The van der Waals surface area contributed by atoms with Crippen LogP contribution in [0.15, 0.2) is 67.3 Å². The van der Waals surface area contributed by atoms with E-state index in [2.05, 4.69) is 15.4 Å². The summed E-state index contributed by atoms with van der Waals surface area (Å²) in [5, 5.41) is 7.03. The highest BCUT2D eigenvalue weighted by Crippen LogP contribution is 2.15. The molecule has 0 aliphatic heterocycles. The van der Waals surface area contributed by atoms with E-state index in [0.29, 0.717) is 6.61 Å². The first-order valence-electron chi connectivity index (χ1n) is 8.08. The lowest BCUT2D eigenvalue weighted by Crippen LogP contribution is -2.30. The Balaban J connectivity index is 1.48. The number of ether oxygens (including phenoxy) is 1. The molecule has 0 aliphatic carbocycles. The van der Waals surface area contributed by atoms with Crippen LogP contribution in [0.4, 0.5) is 0 Å². The molecule has 0 fully saturated rings. The molecule has 25 heavy (non-hydrogen) atoms. The molecule has 3 rings (SSSR count). The van der Waals surface area contributed by atoms with Gasteiger partial charge in [0, 0.05) is 0 Å². The Bertz CT molecular complexity index is 786. The van der Waals surface area contributed by atoms with Crippen molar-refractivity contribution in [3.63, 3.8) is 0 Å². The van der Waals surface area contributed by atoms with Crippen LogP contribution in [0.3, 0.4) is 0 Å². The van der Waals surface area contributed by atoms with Crippen molar-refractivity contribution in [2.75, 3.05) is 6.61 Å². The van der Waals surface area contributed by atoms with Gasteiger partial charge in [-0.3, -0.25) is 4.79 Å². The van der Waals surface area contributed by atoms with Crippen LogP contribution in [0.5, 0.6) is 0 Å². The zero-order valence-corrected chi connectivity index (χ0v) is 14.0. The second kappa shape index (κ2) is 8.21. The third kappa shape index (κ3) is 4.74. The van der Waals surface area contributed by atoms with Gasteiger partial charge in [0.25, 0.3) is 0 Å². The molecule has 1 N–H and O–H groups in total. The van der Waals surface area contributed by atoms with Crippen LogP contribution in [0, 0.1) is 0 Å². The van der Waals surface area contributed by atoms with Crippen molar-refractivity contribution in [1.29, 1.82) is 0 Å². The summed E-state index contributed by atoms with van der Waals surface area (Å²) < 4.78 is 7.14. The van der Waals surface area contributed by atoms with Crippen molar-refractivity contribution in [1.82, 2.24) is 20.1 Å². The summed E-state index contributed by atoms with van der Waals surface area (Å²) >= 11 is 0. The second-order valence-corrected chi connectivity index (χ2v) is 5.70. The molecule has 1 atom stereocenters. The van der Waals surface area contributed by atoms with Crippen LogP contribution < -0.4 is 5.32 Å². The number of benzene rings is 2. The van der Waals surface area contributed by atoms with Crippen LogP contribution in [-0.2, 0) is 16.1 Å². The van der Waals surface area contributed by atoms with E-state index in [0.717, 1.165) is 16.8 Å². The molecule has 1 unspecified atom stereocenters. The first-order chi connectivity index (χ1) is 12.2. The van der Waals surface area contributed by atoms with Crippen molar-refractivity contribution in [2.45, 2.75) is 19.6 Å². The molecule has 3 aromatic rings. The van der Waals surface area contributed by atoms with Gasteiger partial charge < -0.3 is 10.1 Å². The minimum absolute atomic E-state index is 0.0380. The van der Waals surface area contributed by atoms with Gasteiger partial charge in [-0.05, 0) is 30.2 Å². The van der Waals surface area contributed by atoms with Crippen molar-refractivity contribution >= 4 is 5.91 Å². The molecular formula is C19H20N4O2. The fraction of sp³-hybridized carbons (Fsp3) is 0.211. The Labute approximate surface area is 146 Å². The van der Waals surface area contributed by atoms with E-state index >= 15 is 0 Å². The third-order valence-corrected chi connectivity index (χ3v) is 3.80. The van der Waals surface area contributed by atoms with Crippen LogP contribution in [0.2, 0.25) is 0 Å². The summed E-state index contributed by atoms with van der Waals surface area (Å²) in [6.45, 7) is 2.41. The molecule has 1 amide bonds. The highest BCUT2D eigenvalue weighted by Gasteiger charge is 2.10. The first-order valence-corrected chi connectivity index (χ1v) is 8.08. The predicted molar refractivity (Wildman–Crippen MR) is 94.0 cm³/mol. The highest BCUT2D eigenvalue weighted by molar-refractivity contribution is 5.77. The van der Waals surface area contributed by atoms with Crippen LogP contribution in [0.1, 0.15) is 24.1 Å². The summed E-state index contributed by atoms with van der Waals surface area (Å²) in [4.78, 5) is 15.9. The molecule has 6 nitrogen and oxygen atoms in total. The van der Waals surface area contributed by atoms with Gasteiger partial charge in [-0.15, -0.1) is 0 Å². The van der Waals surface area contributed by atoms with E-state index in [9.17, 15) is 4.79 Å². The SMILES string of the molecule is CC(NC(=O)COCc1ccccc1)c1ccc(-n2cncn2)cc1. The Morgan fingerprint density at radius 3 is 2.60 bits per heavy atom. The van der Waals surface area contributed by atoms with Crippen molar-refractivity contribution in [3.8, 4) is 5.69 Å². The molecule has 0 spiro atoms. The molecule has 6 heteroatoms. The maximum Gasteiger partial charge on any atom is 0.246 e.